The molecule has 0 spiro atoms. The number of hydrogen-bond acceptors (Lipinski definition) is 4. The first-order valence-corrected chi connectivity index (χ1v) is 5.77. The molecule has 0 aromatic carbocycles. The zero-order chi connectivity index (χ0) is 12.8. The van der Waals surface area contributed by atoms with E-state index in [-0.39, 0.29) is 11.5 Å². The van der Waals surface area contributed by atoms with Crippen LogP contribution < -0.4 is 0 Å². The van der Waals surface area contributed by atoms with Gasteiger partial charge in [0.05, 0.1) is 5.92 Å². The Morgan fingerprint density at radius 1 is 1.29 bits per heavy atom. The maximum absolute atomic E-state index is 11.4. The summed E-state index contributed by atoms with van der Waals surface area (Å²) in [5, 5.41) is 17.7. The molecule has 0 radical (unpaired) electrons. The van der Waals surface area contributed by atoms with Crippen molar-refractivity contribution in [3.05, 3.63) is 12.2 Å². The summed E-state index contributed by atoms with van der Waals surface area (Å²) < 4.78 is 4.38. The Kier molecular flexibility index (Phi) is 5.15. The Balaban J connectivity index is 2.73. The van der Waals surface area contributed by atoms with Crippen LogP contribution in [0, 0.1) is 11.8 Å². The summed E-state index contributed by atoms with van der Waals surface area (Å²) in [6, 6.07) is 0. The lowest BCUT2D eigenvalue weighted by Gasteiger charge is -2.27. The van der Waals surface area contributed by atoms with Gasteiger partial charge >= 0.3 is 11.9 Å². The van der Waals surface area contributed by atoms with Crippen molar-refractivity contribution in [1.29, 1.82) is 0 Å². The quantitative estimate of drug-likeness (QED) is 0.431. The van der Waals surface area contributed by atoms with Crippen molar-refractivity contribution in [3.8, 4) is 0 Å². The van der Waals surface area contributed by atoms with Gasteiger partial charge in [0.1, 0.15) is 0 Å². The van der Waals surface area contributed by atoms with Crippen LogP contribution in [0.3, 0.4) is 0 Å². The largest absolute Gasteiger partial charge is 0.481 e. The van der Waals surface area contributed by atoms with Crippen LogP contribution >= 0.6 is 0 Å². The number of carbonyl (C=O) groups excluding carboxylic acids is 1. The van der Waals surface area contributed by atoms with Crippen molar-refractivity contribution in [1.82, 2.24) is 0 Å². The first-order chi connectivity index (χ1) is 8.07. The summed E-state index contributed by atoms with van der Waals surface area (Å²) >= 11 is 0. The summed E-state index contributed by atoms with van der Waals surface area (Å²) in [6.07, 6.45) is 4.66. The molecule has 1 unspecified atom stereocenters. The van der Waals surface area contributed by atoms with Crippen molar-refractivity contribution >= 4 is 11.9 Å². The summed E-state index contributed by atoms with van der Waals surface area (Å²) in [5.41, 5.74) is -0.0709. The van der Waals surface area contributed by atoms with E-state index < -0.39 is 24.6 Å². The number of aliphatic carboxylic acids is 1. The maximum atomic E-state index is 11.4. The first-order valence-electron chi connectivity index (χ1n) is 5.77. The predicted octanol–water partition coefficient (Wildman–Crippen LogP) is 1.32. The summed E-state index contributed by atoms with van der Waals surface area (Å²) in [6.45, 7) is 2.75. The lowest BCUT2D eigenvalue weighted by Crippen LogP contribution is -2.30. The number of aliphatic hydroxyl groups is 1. The first kappa shape index (κ1) is 13.7. The second-order valence-electron chi connectivity index (χ2n) is 4.30. The van der Waals surface area contributed by atoms with Crippen LogP contribution in [0.15, 0.2) is 12.2 Å². The van der Waals surface area contributed by atoms with Crippen LogP contribution in [0.25, 0.3) is 0 Å². The number of carbonyl (C=O) groups is 2. The molecule has 0 amide bonds. The highest BCUT2D eigenvalue weighted by atomic mass is 16.6. The highest BCUT2D eigenvalue weighted by Crippen LogP contribution is 2.33. The maximum Gasteiger partial charge on any atom is 0.336 e. The van der Waals surface area contributed by atoms with Crippen molar-refractivity contribution < 1.29 is 24.5 Å². The molecule has 0 bridgehead atoms. The third-order valence-corrected chi connectivity index (χ3v) is 3.22. The summed E-state index contributed by atoms with van der Waals surface area (Å²) in [4.78, 5) is 22.6. The van der Waals surface area contributed by atoms with Crippen molar-refractivity contribution in [3.63, 3.8) is 0 Å². The molecule has 1 rings (SSSR count). The smallest absolute Gasteiger partial charge is 0.336 e. The molecule has 1 atom stereocenters. The highest BCUT2D eigenvalue weighted by molar-refractivity contribution is 5.94. The van der Waals surface area contributed by atoms with Gasteiger partial charge in [-0.2, -0.15) is 0 Å². The Hall–Kier alpha value is -1.36. The number of esters is 1. The third kappa shape index (κ3) is 3.56. The fourth-order valence-electron chi connectivity index (χ4n) is 2.38. The van der Waals surface area contributed by atoms with E-state index >= 15 is 0 Å². The monoisotopic (exact) mass is 242 g/mol. The number of carboxylic acid groups (broad SMARTS) is 1. The van der Waals surface area contributed by atoms with Crippen molar-refractivity contribution in [2.24, 2.45) is 11.8 Å². The molecule has 2 N–H and O–H groups in total. The Morgan fingerprint density at radius 2 is 1.88 bits per heavy atom. The summed E-state index contributed by atoms with van der Waals surface area (Å²) in [7, 11) is 0. The van der Waals surface area contributed by atoms with Gasteiger partial charge in [-0.3, -0.25) is 4.79 Å². The molecule has 0 aromatic rings. The van der Waals surface area contributed by atoms with Crippen LogP contribution in [0.5, 0.6) is 0 Å². The van der Waals surface area contributed by atoms with E-state index in [1.54, 1.807) is 0 Å². The molecule has 0 aromatic heterocycles. The zero-order valence-corrected chi connectivity index (χ0v) is 9.72. The second-order valence-corrected chi connectivity index (χ2v) is 4.30. The summed E-state index contributed by atoms with van der Waals surface area (Å²) in [5.74, 6) is -2.82. The van der Waals surface area contributed by atoms with Crippen LogP contribution in [0.1, 0.15) is 32.1 Å². The van der Waals surface area contributed by atoms with Gasteiger partial charge in [-0.1, -0.05) is 25.8 Å². The molecule has 1 aliphatic rings. The van der Waals surface area contributed by atoms with Gasteiger partial charge in [0.15, 0.2) is 6.79 Å². The van der Waals surface area contributed by atoms with E-state index in [2.05, 4.69) is 11.3 Å². The number of ether oxygens (including phenoxy) is 1. The molecular weight excluding hydrogens is 224 g/mol. The van der Waals surface area contributed by atoms with Gasteiger partial charge in [0.25, 0.3) is 0 Å². The molecule has 5 heteroatoms. The molecule has 1 saturated carbocycles. The Morgan fingerprint density at radius 3 is 2.35 bits per heavy atom. The highest BCUT2D eigenvalue weighted by Gasteiger charge is 2.34. The molecular formula is C12H18O5. The SMILES string of the molecule is C=C(C(=O)OCO)C(C(=O)O)C1CCCCC1. The fraction of sp³-hybridized carbons (Fsp3) is 0.667. The van der Waals surface area contributed by atoms with Crippen LogP contribution in [-0.4, -0.2) is 28.9 Å². The molecule has 0 saturated heterocycles. The van der Waals surface area contributed by atoms with E-state index in [4.69, 9.17) is 5.11 Å². The molecule has 17 heavy (non-hydrogen) atoms. The third-order valence-electron chi connectivity index (χ3n) is 3.22. The minimum Gasteiger partial charge on any atom is -0.481 e. The van der Waals surface area contributed by atoms with Gasteiger partial charge in [-0.25, -0.2) is 4.79 Å². The topological polar surface area (TPSA) is 83.8 Å². The molecule has 0 aliphatic heterocycles. The molecule has 1 aliphatic carbocycles. The predicted molar refractivity (Wildman–Crippen MR) is 60.0 cm³/mol. The lowest BCUT2D eigenvalue weighted by molar-refractivity contribution is -0.152. The van der Waals surface area contributed by atoms with Gasteiger partial charge in [0.2, 0.25) is 0 Å². The van der Waals surface area contributed by atoms with Gasteiger partial charge in [-0.05, 0) is 18.8 Å². The van der Waals surface area contributed by atoms with Crippen LogP contribution in [-0.2, 0) is 14.3 Å². The van der Waals surface area contributed by atoms with E-state index in [9.17, 15) is 14.7 Å². The average molecular weight is 242 g/mol. The van der Waals surface area contributed by atoms with Crippen LogP contribution in [0.4, 0.5) is 0 Å². The minimum absolute atomic E-state index is 0.0556. The van der Waals surface area contributed by atoms with E-state index in [1.807, 2.05) is 0 Å². The molecule has 0 heterocycles. The van der Waals surface area contributed by atoms with Crippen molar-refractivity contribution in [2.45, 2.75) is 32.1 Å². The van der Waals surface area contributed by atoms with Crippen molar-refractivity contribution in [2.75, 3.05) is 6.79 Å². The average Bonchev–Trinajstić information content (AvgIpc) is 2.30. The van der Waals surface area contributed by atoms with Gasteiger partial charge < -0.3 is 14.9 Å². The number of rotatable bonds is 5. The number of hydrogen-bond donors (Lipinski definition) is 2. The molecule has 96 valence electrons. The molecule has 1 fully saturated rings. The molecule has 5 nitrogen and oxygen atoms in total. The second kappa shape index (κ2) is 6.39. The number of carboxylic acids is 1. The van der Waals surface area contributed by atoms with Gasteiger partial charge in [0, 0.05) is 5.57 Å². The van der Waals surface area contributed by atoms with E-state index in [0.29, 0.717) is 0 Å². The van der Waals surface area contributed by atoms with Crippen LogP contribution in [0.2, 0.25) is 0 Å². The van der Waals surface area contributed by atoms with E-state index in [1.165, 1.54) is 0 Å². The zero-order valence-electron chi connectivity index (χ0n) is 9.72. The Bertz CT molecular complexity index is 304. The minimum atomic E-state index is -1.04. The lowest BCUT2D eigenvalue weighted by atomic mass is 9.77. The fourth-order valence-corrected chi connectivity index (χ4v) is 2.38. The van der Waals surface area contributed by atoms with E-state index in [0.717, 1.165) is 32.1 Å². The normalized spacial score (nSPS) is 18.4. The Labute approximate surface area is 100 Å². The number of aliphatic hydroxyl groups excluding tert-OH is 1. The standard InChI is InChI=1S/C12H18O5/c1-8(12(16)17-7-13)10(11(14)15)9-5-3-2-4-6-9/h9-10,13H,1-7H2,(H,14,15). The van der Waals surface area contributed by atoms with Gasteiger partial charge in [-0.15, -0.1) is 0 Å².